The van der Waals surface area contributed by atoms with Gasteiger partial charge in [-0.3, -0.25) is 0 Å². The molecule has 1 rings (SSSR count). The zero-order valence-corrected chi connectivity index (χ0v) is 11.1. The molecule has 0 radical (unpaired) electrons. The fraction of sp³-hybridized carbons (Fsp3) is 0.538. The number of carboxylic acid groups (broad SMARTS) is 1. The molecule has 0 aromatic carbocycles. The van der Waals surface area contributed by atoms with E-state index in [1.165, 1.54) is 12.1 Å². The molecule has 18 heavy (non-hydrogen) atoms. The van der Waals surface area contributed by atoms with Crippen molar-refractivity contribution in [3.63, 3.8) is 0 Å². The summed E-state index contributed by atoms with van der Waals surface area (Å²) in [4.78, 5) is 15.1. The van der Waals surface area contributed by atoms with E-state index in [4.69, 9.17) is 14.6 Å². The van der Waals surface area contributed by atoms with Gasteiger partial charge in [0.05, 0.1) is 18.3 Å². The van der Waals surface area contributed by atoms with Crippen molar-refractivity contribution in [3.8, 4) is 11.8 Å². The zero-order chi connectivity index (χ0) is 13.7. The lowest BCUT2D eigenvalue weighted by Crippen LogP contribution is -2.11. The van der Waals surface area contributed by atoms with Crippen molar-refractivity contribution >= 4 is 5.97 Å². The van der Waals surface area contributed by atoms with Crippen molar-refractivity contribution in [2.75, 3.05) is 6.61 Å². The summed E-state index contributed by atoms with van der Waals surface area (Å²) in [6.07, 6.45) is -0.0699. The van der Waals surface area contributed by atoms with E-state index in [9.17, 15) is 4.79 Å². The third kappa shape index (κ3) is 4.61. The zero-order valence-electron chi connectivity index (χ0n) is 11.1. The number of nitrogens with zero attached hydrogens (tertiary/aromatic N) is 1. The van der Waals surface area contributed by atoms with Crippen molar-refractivity contribution in [1.82, 2.24) is 4.98 Å². The Kier molecular flexibility index (Phi) is 4.95. The summed E-state index contributed by atoms with van der Waals surface area (Å²) in [5, 5.41) is 9.01. The van der Waals surface area contributed by atoms with Crippen LogP contribution in [0.1, 0.15) is 38.1 Å². The highest BCUT2D eigenvalue weighted by Gasteiger charge is 2.11. The maximum absolute atomic E-state index is 11.0. The second-order valence-electron chi connectivity index (χ2n) is 4.71. The Morgan fingerprint density at radius 2 is 1.89 bits per heavy atom. The van der Waals surface area contributed by atoms with E-state index in [2.05, 4.69) is 4.98 Å². The second kappa shape index (κ2) is 6.23. The van der Waals surface area contributed by atoms with Crippen molar-refractivity contribution < 1.29 is 19.4 Å². The molecule has 1 N–H and O–H groups in total. The maximum Gasteiger partial charge on any atom is 0.336 e. The van der Waals surface area contributed by atoms with E-state index in [0.717, 1.165) is 0 Å². The van der Waals surface area contributed by atoms with Crippen LogP contribution in [-0.4, -0.2) is 28.8 Å². The fourth-order valence-corrected chi connectivity index (χ4v) is 1.23. The van der Waals surface area contributed by atoms with Gasteiger partial charge in [0.1, 0.15) is 0 Å². The minimum absolute atomic E-state index is 0.0699. The van der Waals surface area contributed by atoms with Crippen LogP contribution in [0.15, 0.2) is 12.1 Å². The van der Waals surface area contributed by atoms with Crippen LogP contribution in [0.2, 0.25) is 0 Å². The van der Waals surface area contributed by atoms with Crippen LogP contribution in [0.3, 0.4) is 0 Å². The van der Waals surface area contributed by atoms with Gasteiger partial charge in [0.25, 0.3) is 0 Å². The Bertz CT molecular complexity index is 415. The van der Waals surface area contributed by atoms with Crippen LogP contribution < -0.4 is 9.47 Å². The third-order valence-corrected chi connectivity index (χ3v) is 1.95. The monoisotopic (exact) mass is 253 g/mol. The molecule has 1 aromatic heterocycles. The number of aromatic carboxylic acids is 1. The first-order valence-electron chi connectivity index (χ1n) is 5.93. The van der Waals surface area contributed by atoms with E-state index < -0.39 is 5.97 Å². The molecule has 0 bridgehead atoms. The lowest BCUT2D eigenvalue weighted by atomic mass is 10.2. The van der Waals surface area contributed by atoms with E-state index in [1.807, 2.05) is 27.7 Å². The molecule has 0 saturated carbocycles. The Balaban J connectivity index is 2.94. The average molecular weight is 253 g/mol. The van der Waals surface area contributed by atoms with Crippen molar-refractivity contribution in [1.29, 1.82) is 0 Å². The largest absolute Gasteiger partial charge is 0.478 e. The van der Waals surface area contributed by atoms with Crippen LogP contribution in [0.5, 0.6) is 11.8 Å². The van der Waals surface area contributed by atoms with E-state index in [-0.39, 0.29) is 23.4 Å². The standard InChI is InChI=1S/C13H19NO4/c1-8(2)7-17-11-5-10(13(15)16)6-12(14-11)18-9(3)4/h5-6,8-9H,7H2,1-4H3,(H,15,16). The third-order valence-electron chi connectivity index (χ3n) is 1.95. The van der Waals surface area contributed by atoms with Gasteiger partial charge in [-0.25, -0.2) is 4.79 Å². The van der Waals surface area contributed by atoms with Gasteiger partial charge in [-0.15, -0.1) is 0 Å². The summed E-state index contributed by atoms with van der Waals surface area (Å²) >= 11 is 0. The van der Waals surface area contributed by atoms with Crippen molar-refractivity contribution in [3.05, 3.63) is 17.7 Å². The van der Waals surface area contributed by atoms with Gasteiger partial charge in [0.15, 0.2) is 0 Å². The molecule has 0 spiro atoms. The Morgan fingerprint density at radius 1 is 1.28 bits per heavy atom. The number of rotatable bonds is 6. The van der Waals surface area contributed by atoms with Gasteiger partial charge >= 0.3 is 5.97 Å². The Labute approximate surface area is 107 Å². The number of carboxylic acids is 1. The van der Waals surface area contributed by atoms with Gasteiger partial charge in [-0.05, 0) is 19.8 Å². The lowest BCUT2D eigenvalue weighted by Gasteiger charge is -2.12. The summed E-state index contributed by atoms with van der Waals surface area (Å²) < 4.78 is 10.8. The molecule has 1 heterocycles. The number of hydrogen-bond donors (Lipinski definition) is 1. The Morgan fingerprint density at radius 3 is 2.39 bits per heavy atom. The van der Waals surface area contributed by atoms with Crippen molar-refractivity contribution in [2.24, 2.45) is 5.92 Å². The minimum atomic E-state index is -1.03. The van der Waals surface area contributed by atoms with Gasteiger partial charge in [-0.2, -0.15) is 4.98 Å². The first-order chi connectivity index (χ1) is 8.38. The molecular weight excluding hydrogens is 234 g/mol. The van der Waals surface area contributed by atoms with Crippen LogP contribution in [0, 0.1) is 5.92 Å². The van der Waals surface area contributed by atoms with Crippen LogP contribution >= 0.6 is 0 Å². The summed E-state index contributed by atoms with van der Waals surface area (Å²) in [5.74, 6) is -0.141. The molecular formula is C13H19NO4. The Hall–Kier alpha value is -1.78. The van der Waals surface area contributed by atoms with Gasteiger partial charge in [0, 0.05) is 12.1 Å². The number of aromatic nitrogens is 1. The number of hydrogen-bond acceptors (Lipinski definition) is 4. The van der Waals surface area contributed by atoms with Gasteiger partial charge in [0.2, 0.25) is 11.8 Å². The molecule has 0 atom stereocenters. The maximum atomic E-state index is 11.0. The van der Waals surface area contributed by atoms with E-state index >= 15 is 0 Å². The van der Waals surface area contributed by atoms with Gasteiger partial charge in [-0.1, -0.05) is 13.8 Å². The van der Waals surface area contributed by atoms with Crippen LogP contribution in [0.25, 0.3) is 0 Å². The summed E-state index contributed by atoms with van der Waals surface area (Å²) in [6, 6.07) is 2.79. The van der Waals surface area contributed by atoms with E-state index in [1.54, 1.807) is 0 Å². The molecule has 100 valence electrons. The highest BCUT2D eigenvalue weighted by molar-refractivity contribution is 5.88. The summed E-state index contributed by atoms with van der Waals surface area (Å²) in [7, 11) is 0. The van der Waals surface area contributed by atoms with Gasteiger partial charge < -0.3 is 14.6 Å². The molecule has 1 aromatic rings. The normalized spacial score (nSPS) is 10.8. The quantitative estimate of drug-likeness (QED) is 0.844. The number of pyridine rings is 1. The van der Waals surface area contributed by atoms with Crippen LogP contribution in [0.4, 0.5) is 0 Å². The molecule has 0 aliphatic heterocycles. The van der Waals surface area contributed by atoms with Crippen LogP contribution in [-0.2, 0) is 0 Å². The predicted octanol–water partition coefficient (Wildman–Crippen LogP) is 2.60. The first-order valence-corrected chi connectivity index (χ1v) is 5.93. The molecule has 0 unspecified atom stereocenters. The summed E-state index contributed by atoms with van der Waals surface area (Å²) in [6.45, 7) is 8.20. The van der Waals surface area contributed by atoms with E-state index in [0.29, 0.717) is 12.5 Å². The first kappa shape index (κ1) is 14.3. The lowest BCUT2D eigenvalue weighted by molar-refractivity contribution is 0.0695. The average Bonchev–Trinajstić information content (AvgIpc) is 2.25. The molecule has 0 saturated heterocycles. The fourth-order valence-electron chi connectivity index (χ4n) is 1.23. The number of carbonyl (C=O) groups is 1. The molecule has 0 fully saturated rings. The molecule has 5 heteroatoms. The predicted molar refractivity (Wildman–Crippen MR) is 67.3 cm³/mol. The molecule has 0 aliphatic rings. The summed E-state index contributed by atoms with van der Waals surface area (Å²) in [5.41, 5.74) is 0.111. The smallest absolute Gasteiger partial charge is 0.336 e. The molecule has 0 amide bonds. The topological polar surface area (TPSA) is 68.7 Å². The molecule has 0 aliphatic carbocycles. The second-order valence-corrected chi connectivity index (χ2v) is 4.71. The molecule has 5 nitrogen and oxygen atoms in total. The highest BCUT2D eigenvalue weighted by atomic mass is 16.5. The number of ether oxygens (including phenoxy) is 2. The minimum Gasteiger partial charge on any atom is -0.478 e. The van der Waals surface area contributed by atoms with Crippen molar-refractivity contribution in [2.45, 2.75) is 33.8 Å². The SMILES string of the molecule is CC(C)COc1cc(C(=O)O)cc(OC(C)C)n1. The highest BCUT2D eigenvalue weighted by Crippen LogP contribution is 2.19.